The first-order valence-electron chi connectivity index (χ1n) is 8.41. The second kappa shape index (κ2) is 7.91. The molecule has 0 atom stereocenters. The zero-order valence-corrected chi connectivity index (χ0v) is 14.7. The molecule has 0 radical (unpaired) electrons. The average Bonchev–Trinajstić information content (AvgIpc) is 2.68. The molecule has 0 bridgehead atoms. The third-order valence-electron chi connectivity index (χ3n) is 4.64. The summed E-state index contributed by atoms with van der Waals surface area (Å²) < 4.78 is 0. The van der Waals surface area contributed by atoms with E-state index < -0.39 is 7.26 Å². The zero-order chi connectivity index (χ0) is 16.7. The van der Waals surface area contributed by atoms with Crippen LogP contribution >= 0.6 is 7.26 Å². The third kappa shape index (κ3) is 3.25. The van der Waals surface area contributed by atoms with Crippen molar-refractivity contribution in [2.24, 2.45) is 0 Å². The Balaban J connectivity index is 2.22. The fourth-order valence-electron chi connectivity index (χ4n) is 3.53. The van der Waals surface area contributed by atoms with Crippen LogP contribution in [0.25, 0.3) is 0 Å². The summed E-state index contributed by atoms with van der Waals surface area (Å²) in [5, 5.41) is 13.3. The first-order valence-corrected chi connectivity index (χ1v) is 10.6. The van der Waals surface area contributed by atoms with Crippen molar-refractivity contribution < 1.29 is 0 Å². The summed E-state index contributed by atoms with van der Waals surface area (Å²) in [6.45, 7) is 0. The fourth-order valence-corrected chi connectivity index (χ4v) is 8.39. The van der Waals surface area contributed by atoms with E-state index in [1.807, 2.05) is 0 Å². The number of nitrogens with zero attached hydrogens (tertiary/aromatic N) is 1. The molecule has 3 rings (SSSR count). The molecule has 3 aromatic rings. The molecule has 120 valence electrons. The second-order valence-corrected chi connectivity index (χ2v) is 10.1. The van der Waals surface area contributed by atoms with Gasteiger partial charge in [-0.1, -0.05) is 0 Å². The van der Waals surface area contributed by atoms with E-state index in [2.05, 4.69) is 97.1 Å². The standard InChI is InChI=1S/C22H22NP/c23-18-10-11-19-24(20-12-4-1-5-13-20,21-14-6-2-7-15-21)22-16-8-3-9-17-22/h1-9,12-17,24H,10-11,19H2. The molecule has 0 saturated carbocycles. The molecule has 24 heavy (non-hydrogen) atoms. The summed E-state index contributed by atoms with van der Waals surface area (Å²) in [6, 6.07) is 34.9. The molecule has 0 saturated heterocycles. The van der Waals surface area contributed by atoms with Gasteiger partial charge in [-0.05, 0) is 0 Å². The first kappa shape index (κ1) is 16.4. The van der Waals surface area contributed by atoms with Crippen molar-refractivity contribution in [2.45, 2.75) is 12.8 Å². The predicted molar refractivity (Wildman–Crippen MR) is 106 cm³/mol. The zero-order valence-electron chi connectivity index (χ0n) is 13.7. The molecule has 3 aromatic carbocycles. The maximum atomic E-state index is 9.04. The van der Waals surface area contributed by atoms with E-state index in [-0.39, 0.29) is 0 Å². The van der Waals surface area contributed by atoms with Gasteiger partial charge in [0.15, 0.2) is 0 Å². The van der Waals surface area contributed by atoms with Gasteiger partial charge in [-0.15, -0.1) is 0 Å². The molecule has 0 aliphatic carbocycles. The number of rotatable bonds is 6. The van der Waals surface area contributed by atoms with Crippen molar-refractivity contribution in [3.63, 3.8) is 0 Å². The summed E-state index contributed by atoms with van der Waals surface area (Å²) in [6.07, 6.45) is 2.60. The van der Waals surface area contributed by atoms with Crippen molar-refractivity contribution in [1.29, 1.82) is 5.26 Å². The van der Waals surface area contributed by atoms with Crippen LogP contribution in [0.4, 0.5) is 0 Å². The number of hydrogen-bond donors (Lipinski definition) is 0. The van der Waals surface area contributed by atoms with Gasteiger partial charge in [0.2, 0.25) is 0 Å². The van der Waals surface area contributed by atoms with Crippen LogP contribution in [0.15, 0.2) is 91.0 Å². The monoisotopic (exact) mass is 331 g/mol. The molecule has 0 heterocycles. The molecule has 1 nitrogen and oxygen atoms in total. The molecule has 0 spiro atoms. The summed E-state index contributed by atoms with van der Waals surface area (Å²) in [5.41, 5.74) is 0. The normalized spacial score (nSPS) is 11.6. The molecule has 2 heteroatoms. The van der Waals surface area contributed by atoms with Gasteiger partial charge in [0.05, 0.1) is 0 Å². The van der Waals surface area contributed by atoms with Gasteiger partial charge in [0.25, 0.3) is 0 Å². The Morgan fingerprint density at radius 2 is 1.00 bits per heavy atom. The van der Waals surface area contributed by atoms with Gasteiger partial charge in [-0.3, -0.25) is 0 Å². The van der Waals surface area contributed by atoms with Gasteiger partial charge in [0.1, 0.15) is 0 Å². The van der Waals surface area contributed by atoms with Crippen molar-refractivity contribution in [1.82, 2.24) is 0 Å². The number of hydrogen-bond acceptors (Lipinski definition) is 1. The molecule has 0 N–H and O–H groups in total. The Bertz CT molecular complexity index is 695. The van der Waals surface area contributed by atoms with E-state index in [1.54, 1.807) is 0 Å². The van der Waals surface area contributed by atoms with Gasteiger partial charge >= 0.3 is 145 Å². The SMILES string of the molecule is N#CCCC[PH](c1ccccc1)(c1ccccc1)c1ccccc1. The minimum absolute atomic E-state index is 0.612. The summed E-state index contributed by atoms with van der Waals surface area (Å²) >= 11 is 0. The van der Waals surface area contributed by atoms with Crippen LogP contribution < -0.4 is 15.9 Å². The summed E-state index contributed by atoms with van der Waals surface area (Å²) in [5.74, 6) is 0. The Kier molecular flexibility index (Phi) is 5.42. The number of nitriles is 1. The van der Waals surface area contributed by atoms with Crippen LogP contribution in [0.2, 0.25) is 0 Å². The van der Waals surface area contributed by atoms with Gasteiger partial charge < -0.3 is 0 Å². The molecule has 0 aliphatic heterocycles. The van der Waals surface area contributed by atoms with E-state index in [0.29, 0.717) is 6.42 Å². The molecule has 0 aromatic heterocycles. The van der Waals surface area contributed by atoms with E-state index in [0.717, 1.165) is 12.6 Å². The van der Waals surface area contributed by atoms with Crippen molar-refractivity contribution >= 4 is 23.2 Å². The Hall–Kier alpha value is -2.42. The van der Waals surface area contributed by atoms with Gasteiger partial charge in [-0.2, -0.15) is 0 Å². The average molecular weight is 331 g/mol. The molecular weight excluding hydrogens is 309 g/mol. The number of unbranched alkanes of at least 4 members (excludes halogenated alkanes) is 1. The molecule has 0 fully saturated rings. The van der Waals surface area contributed by atoms with Gasteiger partial charge in [-0.25, -0.2) is 0 Å². The fraction of sp³-hybridized carbons (Fsp3) is 0.136. The Morgan fingerprint density at radius 1 is 0.625 bits per heavy atom. The quantitative estimate of drug-likeness (QED) is 0.494. The van der Waals surface area contributed by atoms with E-state index in [9.17, 15) is 0 Å². The second-order valence-electron chi connectivity index (χ2n) is 6.02. The maximum absolute atomic E-state index is 9.04. The molecule has 0 amide bonds. The van der Waals surface area contributed by atoms with Crippen molar-refractivity contribution in [3.05, 3.63) is 91.0 Å². The molecule has 0 unspecified atom stereocenters. The minimum atomic E-state index is -2.11. The topological polar surface area (TPSA) is 23.8 Å². The van der Waals surface area contributed by atoms with Gasteiger partial charge in [0, 0.05) is 0 Å². The van der Waals surface area contributed by atoms with Crippen LogP contribution in [0.1, 0.15) is 12.8 Å². The first-order chi connectivity index (χ1) is 11.9. The van der Waals surface area contributed by atoms with Crippen LogP contribution in [-0.4, -0.2) is 6.16 Å². The molecule has 0 aliphatic rings. The van der Waals surface area contributed by atoms with Crippen LogP contribution in [-0.2, 0) is 0 Å². The predicted octanol–water partition coefficient (Wildman–Crippen LogP) is 4.02. The Morgan fingerprint density at radius 3 is 1.33 bits per heavy atom. The third-order valence-corrected chi connectivity index (χ3v) is 9.70. The van der Waals surface area contributed by atoms with Crippen LogP contribution in [0.3, 0.4) is 0 Å². The number of benzene rings is 3. The molecular formula is C22H22NP. The van der Waals surface area contributed by atoms with E-state index in [4.69, 9.17) is 5.26 Å². The van der Waals surface area contributed by atoms with Crippen LogP contribution in [0.5, 0.6) is 0 Å². The summed E-state index contributed by atoms with van der Waals surface area (Å²) in [7, 11) is -2.11. The van der Waals surface area contributed by atoms with Crippen molar-refractivity contribution in [3.8, 4) is 6.07 Å². The van der Waals surface area contributed by atoms with E-state index >= 15 is 0 Å². The summed E-state index contributed by atoms with van der Waals surface area (Å²) in [4.78, 5) is 0. The van der Waals surface area contributed by atoms with Crippen molar-refractivity contribution in [2.75, 3.05) is 6.16 Å². The van der Waals surface area contributed by atoms with E-state index in [1.165, 1.54) is 15.9 Å². The Labute approximate surface area is 144 Å². The van der Waals surface area contributed by atoms with Crippen LogP contribution in [0, 0.1) is 11.3 Å².